The Morgan fingerprint density at radius 2 is 2.39 bits per heavy atom. The summed E-state index contributed by atoms with van der Waals surface area (Å²) in [4.78, 5) is 29.6. The van der Waals surface area contributed by atoms with Gasteiger partial charge in [0.2, 0.25) is 0 Å². The largest absolute Gasteiger partial charge is 0.481 e. The second-order valence-electron chi connectivity index (χ2n) is 4.68. The summed E-state index contributed by atoms with van der Waals surface area (Å²) < 4.78 is 0. The van der Waals surface area contributed by atoms with Crippen LogP contribution in [0.1, 0.15) is 35.9 Å². The molecule has 1 aliphatic rings. The molecule has 0 aromatic carbocycles. The van der Waals surface area contributed by atoms with Gasteiger partial charge in [0.25, 0.3) is 5.91 Å². The molecule has 1 unspecified atom stereocenters. The topological polar surface area (TPSA) is 70.5 Å². The van der Waals surface area contributed by atoms with Crippen LogP contribution >= 0.6 is 11.3 Å². The Hall–Kier alpha value is -1.43. The van der Waals surface area contributed by atoms with Crippen LogP contribution in [0, 0.1) is 5.41 Å². The number of carbonyl (C=O) groups is 2. The number of aromatic nitrogens is 1. The number of likely N-dealkylation sites (tertiary alicyclic amines) is 1. The predicted octanol–water partition coefficient (Wildman–Crippen LogP) is 1.86. The summed E-state index contributed by atoms with van der Waals surface area (Å²) in [6.45, 7) is 2.80. The van der Waals surface area contributed by atoms with Gasteiger partial charge in [-0.1, -0.05) is 13.3 Å². The maximum Gasteiger partial charge on any atom is 0.311 e. The summed E-state index contributed by atoms with van der Waals surface area (Å²) in [5.41, 5.74) is 0.856. The smallest absolute Gasteiger partial charge is 0.311 e. The predicted molar refractivity (Wildman–Crippen MR) is 67.6 cm³/mol. The van der Waals surface area contributed by atoms with Gasteiger partial charge >= 0.3 is 5.97 Å². The van der Waals surface area contributed by atoms with Crippen molar-refractivity contribution in [3.05, 3.63) is 16.6 Å². The maximum absolute atomic E-state index is 12.1. The zero-order chi connectivity index (χ0) is 13.2. The van der Waals surface area contributed by atoms with E-state index in [9.17, 15) is 14.7 Å². The molecule has 1 N–H and O–H groups in total. The first-order valence-corrected chi connectivity index (χ1v) is 6.88. The van der Waals surface area contributed by atoms with Crippen LogP contribution in [0.15, 0.2) is 11.7 Å². The number of carbonyl (C=O) groups excluding carboxylic acids is 1. The molecule has 5 nitrogen and oxygen atoms in total. The third-order valence-corrected chi connectivity index (χ3v) is 4.23. The molecule has 0 spiro atoms. The molecular formula is C12H16N2O3S. The van der Waals surface area contributed by atoms with E-state index in [1.807, 2.05) is 6.92 Å². The zero-order valence-corrected chi connectivity index (χ0v) is 11.1. The standard InChI is InChI=1S/C12H16N2O3S/c1-2-3-12(11(16)17)4-5-14(7-12)10(15)9-6-13-8-18-9/h6,8H,2-5,7H2,1H3,(H,16,17). The Bertz CT molecular complexity index is 446. The molecule has 98 valence electrons. The molecule has 1 aliphatic heterocycles. The number of aliphatic carboxylic acids is 1. The van der Waals surface area contributed by atoms with Gasteiger partial charge in [-0.2, -0.15) is 0 Å². The van der Waals surface area contributed by atoms with Gasteiger partial charge in [0.15, 0.2) is 0 Å². The number of hydrogen-bond donors (Lipinski definition) is 1. The first-order chi connectivity index (χ1) is 8.59. The van der Waals surface area contributed by atoms with E-state index in [4.69, 9.17) is 0 Å². The van der Waals surface area contributed by atoms with Crippen molar-refractivity contribution in [1.29, 1.82) is 0 Å². The minimum Gasteiger partial charge on any atom is -0.481 e. The zero-order valence-electron chi connectivity index (χ0n) is 10.3. The number of carboxylic acids is 1. The first kappa shape index (κ1) is 13.0. The van der Waals surface area contributed by atoms with Crippen molar-refractivity contribution in [3.8, 4) is 0 Å². The Morgan fingerprint density at radius 3 is 2.94 bits per heavy atom. The molecule has 0 radical (unpaired) electrons. The fourth-order valence-electron chi connectivity index (χ4n) is 2.49. The molecule has 1 saturated heterocycles. The van der Waals surface area contributed by atoms with E-state index in [0.29, 0.717) is 30.8 Å². The van der Waals surface area contributed by atoms with Crippen LogP contribution in [0.5, 0.6) is 0 Å². The lowest BCUT2D eigenvalue weighted by molar-refractivity contribution is -0.148. The number of amides is 1. The van der Waals surface area contributed by atoms with E-state index >= 15 is 0 Å². The van der Waals surface area contributed by atoms with Gasteiger partial charge in [0, 0.05) is 13.1 Å². The number of carboxylic acid groups (broad SMARTS) is 1. The highest BCUT2D eigenvalue weighted by Gasteiger charge is 2.45. The summed E-state index contributed by atoms with van der Waals surface area (Å²) in [6, 6.07) is 0. The highest BCUT2D eigenvalue weighted by atomic mass is 32.1. The monoisotopic (exact) mass is 268 g/mol. The van der Waals surface area contributed by atoms with Crippen LogP contribution in [-0.4, -0.2) is 40.0 Å². The Balaban J connectivity index is 2.11. The number of nitrogens with zero attached hydrogens (tertiary/aromatic N) is 2. The second kappa shape index (κ2) is 5.06. The normalized spacial score (nSPS) is 23.3. The molecule has 1 fully saturated rings. The summed E-state index contributed by atoms with van der Waals surface area (Å²) in [7, 11) is 0. The van der Waals surface area contributed by atoms with Crippen molar-refractivity contribution in [1.82, 2.24) is 9.88 Å². The lowest BCUT2D eigenvalue weighted by Crippen LogP contribution is -2.36. The molecule has 2 heterocycles. The van der Waals surface area contributed by atoms with E-state index in [1.165, 1.54) is 17.5 Å². The maximum atomic E-state index is 12.1. The van der Waals surface area contributed by atoms with E-state index in [2.05, 4.69) is 4.98 Å². The molecular weight excluding hydrogens is 252 g/mol. The fraction of sp³-hybridized carbons (Fsp3) is 0.583. The van der Waals surface area contributed by atoms with Crippen LogP contribution in [0.2, 0.25) is 0 Å². The average Bonchev–Trinajstić information content (AvgIpc) is 2.98. The number of thiazole rings is 1. The SMILES string of the molecule is CCCC1(C(=O)O)CCN(C(=O)c2cncs2)C1. The quantitative estimate of drug-likeness (QED) is 0.904. The van der Waals surface area contributed by atoms with Gasteiger partial charge in [-0.15, -0.1) is 11.3 Å². The number of rotatable bonds is 4. The average molecular weight is 268 g/mol. The highest BCUT2D eigenvalue weighted by Crippen LogP contribution is 2.36. The van der Waals surface area contributed by atoms with Crippen LogP contribution in [-0.2, 0) is 4.79 Å². The summed E-state index contributed by atoms with van der Waals surface area (Å²) >= 11 is 1.29. The Labute approximate surface area is 109 Å². The van der Waals surface area contributed by atoms with Gasteiger partial charge in [-0.05, 0) is 12.8 Å². The Morgan fingerprint density at radius 1 is 1.61 bits per heavy atom. The number of hydrogen-bond acceptors (Lipinski definition) is 4. The van der Waals surface area contributed by atoms with Crippen LogP contribution < -0.4 is 0 Å². The van der Waals surface area contributed by atoms with Gasteiger partial charge in [-0.3, -0.25) is 14.6 Å². The molecule has 18 heavy (non-hydrogen) atoms. The lowest BCUT2D eigenvalue weighted by Gasteiger charge is -2.23. The summed E-state index contributed by atoms with van der Waals surface area (Å²) in [5, 5.41) is 9.38. The molecule has 1 aromatic heterocycles. The molecule has 6 heteroatoms. The minimum atomic E-state index is -0.788. The highest BCUT2D eigenvalue weighted by molar-refractivity contribution is 7.11. The van der Waals surface area contributed by atoms with E-state index in [-0.39, 0.29) is 5.91 Å². The van der Waals surface area contributed by atoms with Gasteiger partial charge < -0.3 is 10.0 Å². The van der Waals surface area contributed by atoms with Crippen LogP contribution in [0.4, 0.5) is 0 Å². The van der Waals surface area contributed by atoms with Crippen LogP contribution in [0.3, 0.4) is 0 Å². The molecule has 1 aromatic rings. The van der Waals surface area contributed by atoms with Crippen LogP contribution in [0.25, 0.3) is 0 Å². The van der Waals surface area contributed by atoms with Gasteiger partial charge in [0.1, 0.15) is 4.88 Å². The van der Waals surface area contributed by atoms with Crippen molar-refractivity contribution in [3.63, 3.8) is 0 Å². The van der Waals surface area contributed by atoms with E-state index < -0.39 is 11.4 Å². The summed E-state index contributed by atoms with van der Waals surface area (Å²) in [5.74, 6) is -0.888. The van der Waals surface area contributed by atoms with Gasteiger partial charge in [0.05, 0.1) is 17.1 Å². The van der Waals surface area contributed by atoms with Crippen molar-refractivity contribution in [2.24, 2.45) is 5.41 Å². The van der Waals surface area contributed by atoms with Crippen molar-refractivity contribution >= 4 is 23.2 Å². The van der Waals surface area contributed by atoms with Crippen molar-refractivity contribution < 1.29 is 14.7 Å². The molecule has 0 aliphatic carbocycles. The third kappa shape index (κ3) is 2.25. The van der Waals surface area contributed by atoms with Gasteiger partial charge in [-0.25, -0.2) is 0 Å². The van der Waals surface area contributed by atoms with Crippen molar-refractivity contribution in [2.45, 2.75) is 26.2 Å². The molecule has 0 bridgehead atoms. The molecule has 2 rings (SSSR count). The molecule has 1 amide bonds. The minimum absolute atomic E-state index is 0.100. The third-order valence-electron chi connectivity index (χ3n) is 3.47. The van der Waals surface area contributed by atoms with E-state index in [1.54, 1.807) is 10.4 Å². The summed E-state index contributed by atoms with van der Waals surface area (Å²) in [6.07, 6.45) is 3.51. The van der Waals surface area contributed by atoms with Crippen molar-refractivity contribution in [2.75, 3.05) is 13.1 Å². The van der Waals surface area contributed by atoms with E-state index in [0.717, 1.165) is 6.42 Å². The second-order valence-corrected chi connectivity index (χ2v) is 5.56. The first-order valence-electron chi connectivity index (χ1n) is 6.00. The lowest BCUT2D eigenvalue weighted by atomic mass is 9.83. The fourth-order valence-corrected chi connectivity index (χ4v) is 3.07. The Kier molecular flexibility index (Phi) is 3.65. The molecule has 0 saturated carbocycles. The molecule has 1 atom stereocenters.